The van der Waals surface area contributed by atoms with E-state index in [1.807, 2.05) is 6.08 Å². The topological polar surface area (TPSA) is 23.8 Å². The van der Waals surface area contributed by atoms with Crippen LogP contribution in [0.2, 0.25) is 0 Å². The molecule has 90 valence electrons. The van der Waals surface area contributed by atoms with Crippen LogP contribution in [0.5, 0.6) is 0 Å². The molecule has 2 rings (SSSR count). The molecule has 2 aliphatic rings. The SMILES string of the molecule is CC1=CCCC(C)(C)C1C1C=C(C#N)C=CC1. The van der Waals surface area contributed by atoms with Crippen molar-refractivity contribution in [3.63, 3.8) is 0 Å². The Morgan fingerprint density at radius 3 is 2.82 bits per heavy atom. The molecule has 0 fully saturated rings. The van der Waals surface area contributed by atoms with Crippen molar-refractivity contribution in [1.29, 1.82) is 5.26 Å². The van der Waals surface area contributed by atoms with Crippen LogP contribution in [-0.4, -0.2) is 0 Å². The van der Waals surface area contributed by atoms with E-state index < -0.39 is 0 Å². The highest BCUT2D eigenvalue weighted by atomic mass is 14.4. The highest BCUT2D eigenvalue weighted by Crippen LogP contribution is 2.47. The maximum Gasteiger partial charge on any atom is 0.0988 e. The summed E-state index contributed by atoms with van der Waals surface area (Å²) < 4.78 is 0. The van der Waals surface area contributed by atoms with Gasteiger partial charge >= 0.3 is 0 Å². The van der Waals surface area contributed by atoms with Crippen LogP contribution in [-0.2, 0) is 0 Å². The smallest absolute Gasteiger partial charge is 0.0988 e. The number of rotatable bonds is 1. The first-order valence-corrected chi connectivity index (χ1v) is 6.50. The number of nitriles is 1. The Kier molecular flexibility index (Phi) is 3.24. The van der Waals surface area contributed by atoms with Gasteiger partial charge in [0.05, 0.1) is 6.07 Å². The standard InChI is InChI=1S/C16H21N/c1-12-6-5-9-16(2,3)15(12)14-8-4-7-13(10-14)11-17/h4,6-7,10,14-15H,5,8-9H2,1-3H3. The highest BCUT2D eigenvalue weighted by Gasteiger charge is 2.37. The third kappa shape index (κ3) is 2.36. The minimum Gasteiger partial charge on any atom is -0.192 e. The summed E-state index contributed by atoms with van der Waals surface area (Å²) in [5.41, 5.74) is 2.69. The summed E-state index contributed by atoms with van der Waals surface area (Å²) in [6.45, 7) is 6.99. The van der Waals surface area contributed by atoms with E-state index in [9.17, 15) is 0 Å². The van der Waals surface area contributed by atoms with E-state index >= 15 is 0 Å². The van der Waals surface area contributed by atoms with Gasteiger partial charge in [-0.2, -0.15) is 5.26 Å². The molecule has 0 aromatic rings. The summed E-state index contributed by atoms with van der Waals surface area (Å²) in [5, 5.41) is 9.02. The first-order valence-electron chi connectivity index (χ1n) is 6.50. The van der Waals surface area contributed by atoms with Crippen molar-refractivity contribution in [3.8, 4) is 6.07 Å². The molecule has 1 heteroatoms. The lowest BCUT2D eigenvalue weighted by molar-refractivity contribution is 0.171. The summed E-state index contributed by atoms with van der Waals surface area (Å²) >= 11 is 0. The van der Waals surface area contributed by atoms with Gasteiger partial charge in [0.1, 0.15) is 0 Å². The fraction of sp³-hybridized carbons (Fsp3) is 0.562. The van der Waals surface area contributed by atoms with Crippen molar-refractivity contribution < 1.29 is 0 Å². The second-order valence-electron chi connectivity index (χ2n) is 5.99. The van der Waals surface area contributed by atoms with Crippen LogP contribution < -0.4 is 0 Å². The molecule has 0 heterocycles. The van der Waals surface area contributed by atoms with Gasteiger partial charge in [-0.3, -0.25) is 0 Å². The van der Waals surface area contributed by atoms with Crippen LogP contribution in [0.15, 0.2) is 35.5 Å². The lowest BCUT2D eigenvalue weighted by Gasteiger charge is -2.42. The second-order valence-corrected chi connectivity index (χ2v) is 5.99. The van der Waals surface area contributed by atoms with Crippen molar-refractivity contribution in [2.75, 3.05) is 0 Å². The summed E-state index contributed by atoms with van der Waals surface area (Å²) in [6.07, 6.45) is 12.2. The number of nitrogens with zero attached hydrogens (tertiary/aromatic N) is 1. The van der Waals surface area contributed by atoms with E-state index in [0.717, 1.165) is 12.0 Å². The molecule has 17 heavy (non-hydrogen) atoms. The Bertz CT molecular complexity index is 429. The van der Waals surface area contributed by atoms with Gasteiger partial charge in [-0.15, -0.1) is 0 Å². The van der Waals surface area contributed by atoms with E-state index in [-0.39, 0.29) is 0 Å². The zero-order chi connectivity index (χ0) is 12.5. The lowest BCUT2D eigenvalue weighted by atomic mass is 9.62. The van der Waals surface area contributed by atoms with Crippen LogP contribution in [0, 0.1) is 28.6 Å². The van der Waals surface area contributed by atoms with Gasteiger partial charge in [-0.05, 0) is 49.5 Å². The zero-order valence-electron chi connectivity index (χ0n) is 11.0. The number of hydrogen-bond donors (Lipinski definition) is 0. The van der Waals surface area contributed by atoms with Crippen LogP contribution in [0.25, 0.3) is 0 Å². The molecule has 0 bridgehead atoms. The first-order chi connectivity index (χ1) is 8.04. The quantitative estimate of drug-likeness (QED) is 0.609. The lowest BCUT2D eigenvalue weighted by Crippen LogP contribution is -2.33. The van der Waals surface area contributed by atoms with Gasteiger partial charge < -0.3 is 0 Å². The second kappa shape index (κ2) is 4.53. The normalized spacial score (nSPS) is 31.4. The average Bonchev–Trinajstić information content (AvgIpc) is 2.28. The predicted octanol–water partition coefficient (Wildman–Crippen LogP) is 4.39. The van der Waals surface area contributed by atoms with Crippen molar-refractivity contribution in [3.05, 3.63) is 35.5 Å². The molecule has 0 N–H and O–H groups in total. The van der Waals surface area contributed by atoms with Crippen molar-refractivity contribution >= 4 is 0 Å². The van der Waals surface area contributed by atoms with Crippen LogP contribution >= 0.6 is 0 Å². The third-order valence-electron chi connectivity index (χ3n) is 4.24. The van der Waals surface area contributed by atoms with Crippen LogP contribution in [0.1, 0.15) is 40.0 Å². The maximum absolute atomic E-state index is 9.02. The molecule has 0 aliphatic heterocycles. The number of hydrogen-bond acceptors (Lipinski definition) is 1. The van der Waals surface area contributed by atoms with Gasteiger partial charge in [0, 0.05) is 5.57 Å². The van der Waals surface area contributed by atoms with E-state index in [1.54, 1.807) is 0 Å². The molecule has 0 aromatic carbocycles. The van der Waals surface area contributed by atoms with Crippen LogP contribution in [0.4, 0.5) is 0 Å². The van der Waals surface area contributed by atoms with Gasteiger partial charge in [0.25, 0.3) is 0 Å². The molecular weight excluding hydrogens is 206 g/mol. The van der Waals surface area contributed by atoms with Gasteiger partial charge in [-0.25, -0.2) is 0 Å². The van der Waals surface area contributed by atoms with Crippen molar-refractivity contribution in [1.82, 2.24) is 0 Å². The predicted molar refractivity (Wildman–Crippen MR) is 71.2 cm³/mol. The summed E-state index contributed by atoms with van der Waals surface area (Å²) in [6, 6.07) is 2.27. The molecule has 0 aromatic heterocycles. The van der Waals surface area contributed by atoms with Gasteiger partial charge in [0.15, 0.2) is 0 Å². The minimum absolute atomic E-state index is 0.353. The monoisotopic (exact) mass is 227 g/mol. The minimum atomic E-state index is 0.353. The maximum atomic E-state index is 9.02. The Labute approximate surface area is 105 Å². The molecule has 1 nitrogen and oxygen atoms in total. The molecule has 2 atom stereocenters. The van der Waals surface area contributed by atoms with E-state index in [2.05, 4.69) is 45.1 Å². The molecule has 0 radical (unpaired) electrons. The Hall–Kier alpha value is -1.29. The fourth-order valence-electron chi connectivity index (χ4n) is 3.50. The Morgan fingerprint density at radius 1 is 1.41 bits per heavy atom. The van der Waals surface area contributed by atoms with Crippen LogP contribution in [0.3, 0.4) is 0 Å². The molecule has 2 unspecified atom stereocenters. The van der Waals surface area contributed by atoms with E-state index in [0.29, 0.717) is 17.3 Å². The summed E-state index contributed by atoms with van der Waals surface area (Å²) in [5.74, 6) is 1.09. The third-order valence-corrected chi connectivity index (χ3v) is 4.24. The fourth-order valence-corrected chi connectivity index (χ4v) is 3.50. The molecule has 0 amide bonds. The van der Waals surface area contributed by atoms with Gasteiger partial charge in [0.2, 0.25) is 0 Å². The molecule has 0 saturated heterocycles. The Balaban J connectivity index is 2.30. The van der Waals surface area contributed by atoms with E-state index in [1.165, 1.54) is 18.4 Å². The molecule has 2 aliphatic carbocycles. The Morgan fingerprint density at radius 2 is 2.18 bits per heavy atom. The highest BCUT2D eigenvalue weighted by molar-refractivity contribution is 5.37. The molecule has 0 saturated carbocycles. The van der Waals surface area contributed by atoms with Gasteiger partial charge in [-0.1, -0.05) is 37.6 Å². The number of allylic oxidation sites excluding steroid dienone is 6. The summed E-state index contributed by atoms with van der Waals surface area (Å²) in [7, 11) is 0. The molecular formula is C16H21N. The molecule has 0 spiro atoms. The van der Waals surface area contributed by atoms with Crippen molar-refractivity contribution in [2.45, 2.75) is 40.0 Å². The first kappa shape index (κ1) is 12.2. The van der Waals surface area contributed by atoms with Crippen molar-refractivity contribution in [2.24, 2.45) is 17.3 Å². The summed E-state index contributed by atoms with van der Waals surface area (Å²) in [4.78, 5) is 0. The average molecular weight is 227 g/mol. The largest absolute Gasteiger partial charge is 0.192 e. The van der Waals surface area contributed by atoms with E-state index in [4.69, 9.17) is 5.26 Å². The zero-order valence-corrected chi connectivity index (χ0v) is 11.0.